The van der Waals surface area contributed by atoms with E-state index in [2.05, 4.69) is 20.8 Å². The van der Waals surface area contributed by atoms with Gasteiger partial charge in [-0.2, -0.15) is 0 Å². The quantitative estimate of drug-likeness (QED) is 0.681. The van der Waals surface area contributed by atoms with Crippen LogP contribution in [0.3, 0.4) is 0 Å². The van der Waals surface area contributed by atoms with Crippen molar-refractivity contribution in [2.75, 3.05) is 0 Å². The molecule has 0 N–H and O–H groups in total. The molecule has 0 atom stereocenters. The first kappa shape index (κ1) is 9.92. The number of hydrogen-bond acceptors (Lipinski definition) is 0. The van der Waals surface area contributed by atoms with Gasteiger partial charge in [0.05, 0.1) is 0 Å². The van der Waals surface area contributed by atoms with Crippen LogP contribution < -0.4 is 0 Å². The average Bonchev–Trinajstić information content (AvgIpc) is 1.91. The van der Waals surface area contributed by atoms with Crippen molar-refractivity contribution >= 4 is 22.7 Å². The van der Waals surface area contributed by atoms with Crippen molar-refractivity contribution in [3.05, 3.63) is 0 Å². The molecule has 1 radical (unpaired) electrons. The summed E-state index contributed by atoms with van der Waals surface area (Å²) in [4.78, 5) is 0. The van der Waals surface area contributed by atoms with Gasteiger partial charge in [0, 0.05) is 0 Å². The third-order valence-corrected chi connectivity index (χ3v) is 13.8. The number of hydrogen-bond donors (Lipinski definition) is 0. The second-order valence-electron chi connectivity index (χ2n) is 2.56. The molecule has 0 rings (SSSR count). The summed E-state index contributed by atoms with van der Waals surface area (Å²) in [6.07, 6.45) is 2.93. The van der Waals surface area contributed by atoms with Gasteiger partial charge >= 0.3 is 68.3 Å². The first-order valence-corrected chi connectivity index (χ1v) is 12.4. The topological polar surface area (TPSA) is 0 Å². The number of rotatable bonds is 5. The van der Waals surface area contributed by atoms with Crippen LogP contribution in [0.4, 0.5) is 0 Å². The molecule has 0 aliphatic carbocycles. The average molecular weight is 322 g/mol. The monoisotopic (exact) mass is 323 g/mol. The van der Waals surface area contributed by atoms with Crippen LogP contribution in [-0.2, 0) is 0 Å². The zero-order valence-electron chi connectivity index (χ0n) is 7.04. The zero-order chi connectivity index (χ0) is 7.11. The van der Waals surface area contributed by atoms with E-state index in [0.717, 1.165) is 0 Å². The van der Waals surface area contributed by atoms with E-state index in [1.165, 1.54) is 12.8 Å². The maximum absolute atomic E-state index is 2.39. The SMILES string of the molecule is CCC[CH2][Pb]([CH2]C)[CH2]C. The molecule has 0 aliphatic rings. The molecular weight excluding hydrogens is 303 g/mol. The van der Waals surface area contributed by atoms with Gasteiger partial charge in [-0.05, 0) is 0 Å². The zero-order valence-corrected chi connectivity index (χ0v) is 10.9. The Kier molecular flexibility index (Phi) is 7.75. The molecule has 0 amide bonds. The molecule has 0 nitrogen and oxygen atoms in total. The van der Waals surface area contributed by atoms with Crippen molar-refractivity contribution in [3.63, 3.8) is 0 Å². The van der Waals surface area contributed by atoms with Crippen LogP contribution in [0.5, 0.6) is 0 Å². The van der Waals surface area contributed by atoms with Crippen molar-refractivity contribution in [3.8, 4) is 0 Å². The fraction of sp³-hybridized carbons (Fsp3) is 1.00. The second-order valence-corrected chi connectivity index (χ2v) is 15.8. The van der Waals surface area contributed by atoms with E-state index in [9.17, 15) is 0 Å². The Balaban J connectivity index is 3.09. The van der Waals surface area contributed by atoms with E-state index in [4.69, 9.17) is 0 Å². The van der Waals surface area contributed by atoms with Crippen molar-refractivity contribution in [1.29, 1.82) is 0 Å². The molecule has 0 unspecified atom stereocenters. The molecule has 0 spiro atoms. The van der Waals surface area contributed by atoms with Gasteiger partial charge < -0.3 is 0 Å². The fourth-order valence-electron chi connectivity index (χ4n) is 1.03. The normalized spacial score (nSPS) is 10.7. The molecular formula is C8H19Pb. The summed E-state index contributed by atoms with van der Waals surface area (Å²) in [5.41, 5.74) is 0. The Morgan fingerprint density at radius 1 is 1.00 bits per heavy atom. The third-order valence-electron chi connectivity index (χ3n) is 1.88. The summed E-state index contributed by atoms with van der Waals surface area (Å²) in [7, 11) is 0. The van der Waals surface area contributed by atoms with Crippen LogP contribution in [-0.4, -0.2) is 22.7 Å². The molecule has 0 heterocycles. The van der Waals surface area contributed by atoms with Crippen molar-refractivity contribution in [2.45, 2.75) is 45.6 Å². The third kappa shape index (κ3) is 5.37. The van der Waals surface area contributed by atoms with E-state index >= 15 is 0 Å². The van der Waals surface area contributed by atoms with Crippen LogP contribution >= 0.6 is 0 Å². The summed E-state index contributed by atoms with van der Waals surface area (Å²) >= 11 is -0.857. The van der Waals surface area contributed by atoms with Gasteiger partial charge in [0.15, 0.2) is 0 Å². The standard InChI is InChI=1S/C4H9.2C2H5.Pb/c1-3-4-2;2*1-2;/h1,3-4H2,2H3;2*1H2,2H3;. The fourth-order valence-corrected chi connectivity index (χ4v) is 9.04. The van der Waals surface area contributed by atoms with Crippen LogP contribution in [0.1, 0.15) is 33.6 Å². The molecule has 0 saturated carbocycles. The second kappa shape index (κ2) is 7.03. The predicted molar refractivity (Wildman–Crippen MR) is 46.4 cm³/mol. The summed E-state index contributed by atoms with van der Waals surface area (Å²) in [5, 5.41) is 0. The van der Waals surface area contributed by atoms with Crippen LogP contribution in [0.15, 0.2) is 0 Å². The Morgan fingerprint density at radius 3 is 1.89 bits per heavy atom. The first-order chi connectivity index (χ1) is 4.35. The van der Waals surface area contributed by atoms with Gasteiger partial charge in [-0.1, -0.05) is 0 Å². The van der Waals surface area contributed by atoms with E-state index in [1.54, 1.807) is 11.9 Å². The van der Waals surface area contributed by atoms with Crippen LogP contribution in [0.2, 0.25) is 11.9 Å². The predicted octanol–water partition coefficient (Wildman–Crippen LogP) is 3.32. The molecule has 0 bridgehead atoms. The van der Waals surface area contributed by atoms with Gasteiger partial charge in [-0.15, -0.1) is 0 Å². The molecule has 0 aliphatic heterocycles. The van der Waals surface area contributed by atoms with Gasteiger partial charge in [-0.25, -0.2) is 0 Å². The molecule has 55 valence electrons. The Morgan fingerprint density at radius 2 is 1.56 bits per heavy atom. The van der Waals surface area contributed by atoms with E-state index in [0.29, 0.717) is 0 Å². The Hall–Kier alpha value is 0.922. The molecule has 0 aromatic carbocycles. The minimum absolute atomic E-state index is 0.857. The van der Waals surface area contributed by atoms with E-state index in [-0.39, 0.29) is 0 Å². The van der Waals surface area contributed by atoms with Gasteiger partial charge in [0.2, 0.25) is 0 Å². The van der Waals surface area contributed by atoms with E-state index < -0.39 is 22.7 Å². The molecule has 0 fully saturated rings. The maximum atomic E-state index is 2.39. The van der Waals surface area contributed by atoms with Gasteiger partial charge in [-0.3, -0.25) is 0 Å². The summed E-state index contributed by atoms with van der Waals surface area (Å²) in [6, 6.07) is 0. The molecule has 9 heavy (non-hydrogen) atoms. The first-order valence-electron chi connectivity index (χ1n) is 4.18. The molecule has 0 aromatic rings. The molecule has 0 aromatic heterocycles. The Labute approximate surface area is 68.2 Å². The van der Waals surface area contributed by atoms with Gasteiger partial charge in [0.1, 0.15) is 0 Å². The van der Waals surface area contributed by atoms with Gasteiger partial charge in [0.25, 0.3) is 0 Å². The minimum atomic E-state index is -0.857. The summed E-state index contributed by atoms with van der Waals surface area (Å²) in [5.74, 6) is 0. The van der Waals surface area contributed by atoms with Crippen LogP contribution in [0.25, 0.3) is 0 Å². The van der Waals surface area contributed by atoms with Crippen molar-refractivity contribution < 1.29 is 0 Å². The summed E-state index contributed by atoms with van der Waals surface area (Å²) < 4.78 is 4.83. The van der Waals surface area contributed by atoms with Crippen molar-refractivity contribution in [2.24, 2.45) is 0 Å². The van der Waals surface area contributed by atoms with Crippen molar-refractivity contribution in [1.82, 2.24) is 0 Å². The number of unbranched alkanes of at least 4 members (excludes halogenated alkanes) is 1. The van der Waals surface area contributed by atoms with E-state index in [1.807, 2.05) is 0 Å². The molecule has 0 saturated heterocycles. The Bertz CT molecular complexity index is 48.5. The van der Waals surface area contributed by atoms with Crippen LogP contribution in [0, 0.1) is 0 Å². The summed E-state index contributed by atoms with van der Waals surface area (Å²) in [6.45, 7) is 7.08. The molecule has 1 heteroatoms.